The molecular formula is C19H25N5O2S. The SMILES string of the molecule is CC(C)Cn1c(SCC(=O)NC2(C#N)CCCCC2)nnc1-c1ccco1. The van der Waals surface area contributed by atoms with Crippen LogP contribution in [0.5, 0.6) is 0 Å². The average molecular weight is 388 g/mol. The normalized spacial score (nSPS) is 16.2. The zero-order valence-corrected chi connectivity index (χ0v) is 16.6. The van der Waals surface area contributed by atoms with Crippen LogP contribution in [0.25, 0.3) is 11.6 Å². The molecule has 0 unspecified atom stereocenters. The molecule has 1 N–H and O–H groups in total. The monoisotopic (exact) mass is 387 g/mol. The van der Waals surface area contributed by atoms with Gasteiger partial charge in [-0.1, -0.05) is 44.9 Å². The number of amides is 1. The third-order valence-electron chi connectivity index (χ3n) is 4.64. The number of hydrogen-bond acceptors (Lipinski definition) is 6. The van der Waals surface area contributed by atoms with Crippen molar-refractivity contribution in [1.29, 1.82) is 5.26 Å². The lowest BCUT2D eigenvalue weighted by molar-refractivity contribution is -0.120. The summed E-state index contributed by atoms with van der Waals surface area (Å²) in [7, 11) is 0. The summed E-state index contributed by atoms with van der Waals surface area (Å²) < 4.78 is 7.45. The predicted octanol–water partition coefficient (Wildman–Crippen LogP) is 3.63. The second kappa shape index (κ2) is 8.61. The molecule has 144 valence electrons. The summed E-state index contributed by atoms with van der Waals surface area (Å²) in [6, 6.07) is 5.98. The second-order valence-corrected chi connectivity index (χ2v) is 8.32. The number of carbonyl (C=O) groups excluding carboxylic acids is 1. The molecule has 2 heterocycles. The fourth-order valence-corrected chi connectivity index (χ4v) is 4.11. The third kappa shape index (κ3) is 4.72. The van der Waals surface area contributed by atoms with E-state index >= 15 is 0 Å². The lowest BCUT2D eigenvalue weighted by atomic mass is 9.83. The van der Waals surface area contributed by atoms with Crippen LogP contribution in [0.1, 0.15) is 46.0 Å². The Morgan fingerprint density at radius 2 is 2.19 bits per heavy atom. The van der Waals surface area contributed by atoms with Crippen molar-refractivity contribution in [3.63, 3.8) is 0 Å². The minimum absolute atomic E-state index is 0.137. The van der Waals surface area contributed by atoms with Gasteiger partial charge in [0.1, 0.15) is 5.54 Å². The van der Waals surface area contributed by atoms with Crippen LogP contribution < -0.4 is 5.32 Å². The van der Waals surface area contributed by atoms with Crippen LogP contribution in [0, 0.1) is 17.2 Å². The number of nitriles is 1. The molecule has 0 bridgehead atoms. The molecule has 0 saturated heterocycles. The maximum Gasteiger partial charge on any atom is 0.231 e. The molecule has 0 radical (unpaired) electrons. The first-order chi connectivity index (χ1) is 13.0. The fourth-order valence-electron chi connectivity index (χ4n) is 3.37. The number of carbonyl (C=O) groups is 1. The fraction of sp³-hybridized carbons (Fsp3) is 0.579. The summed E-state index contributed by atoms with van der Waals surface area (Å²) in [5.74, 6) is 1.79. The number of hydrogen-bond donors (Lipinski definition) is 1. The number of rotatable bonds is 7. The lowest BCUT2D eigenvalue weighted by Gasteiger charge is -2.31. The molecule has 1 saturated carbocycles. The molecule has 2 aromatic heterocycles. The summed E-state index contributed by atoms with van der Waals surface area (Å²) in [5.41, 5.74) is -0.708. The molecule has 3 rings (SSSR count). The van der Waals surface area contributed by atoms with E-state index in [4.69, 9.17) is 4.42 Å². The first kappa shape index (κ1) is 19.5. The van der Waals surface area contributed by atoms with Crippen molar-refractivity contribution in [1.82, 2.24) is 20.1 Å². The van der Waals surface area contributed by atoms with Crippen molar-refractivity contribution in [2.75, 3.05) is 5.75 Å². The minimum atomic E-state index is -0.708. The summed E-state index contributed by atoms with van der Waals surface area (Å²) in [6.45, 7) is 4.97. The van der Waals surface area contributed by atoms with Gasteiger partial charge < -0.3 is 9.73 Å². The topological polar surface area (TPSA) is 96.7 Å². The van der Waals surface area contributed by atoms with Gasteiger partial charge in [0.2, 0.25) is 5.91 Å². The number of nitrogens with one attached hydrogen (secondary N) is 1. The molecule has 1 aliphatic carbocycles. The Morgan fingerprint density at radius 1 is 1.41 bits per heavy atom. The highest BCUT2D eigenvalue weighted by molar-refractivity contribution is 7.99. The summed E-state index contributed by atoms with van der Waals surface area (Å²) in [5, 5.41) is 21.7. The first-order valence-electron chi connectivity index (χ1n) is 9.35. The molecule has 1 aliphatic rings. The van der Waals surface area contributed by atoms with E-state index in [0.29, 0.717) is 22.7 Å². The summed E-state index contributed by atoms with van der Waals surface area (Å²) in [6.07, 6.45) is 6.15. The lowest BCUT2D eigenvalue weighted by Crippen LogP contribution is -2.49. The van der Waals surface area contributed by atoms with E-state index in [0.717, 1.165) is 38.6 Å². The Hall–Kier alpha value is -2.27. The largest absolute Gasteiger partial charge is 0.461 e. The Bertz CT molecular complexity index is 801. The van der Waals surface area contributed by atoms with E-state index < -0.39 is 5.54 Å². The van der Waals surface area contributed by atoms with Crippen molar-refractivity contribution >= 4 is 17.7 Å². The van der Waals surface area contributed by atoms with Crippen LogP contribution in [0.2, 0.25) is 0 Å². The molecule has 0 aliphatic heterocycles. The van der Waals surface area contributed by atoms with Gasteiger partial charge in [-0.25, -0.2) is 0 Å². The average Bonchev–Trinajstić information content (AvgIpc) is 3.30. The Balaban J connectivity index is 1.68. The standard InChI is InChI=1S/C19H25N5O2S/c1-14(2)11-24-17(15-7-6-10-26-15)22-23-18(24)27-12-16(25)21-19(13-20)8-4-3-5-9-19/h6-7,10,14H,3-5,8-9,11-12H2,1-2H3,(H,21,25). The quantitative estimate of drug-likeness (QED) is 0.729. The Labute approximate surface area is 163 Å². The van der Waals surface area contributed by atoms with Crippen LogP contribution in [-0.4, -0.2) is 32.0 Å². The van der Waals surface area contributed by atoms with Crippen LogP contribution in [0.15, 0.2) is 28.0 Å². The zero-order chi connectivity index (χ0) is 19.3. The molecule has 27 heavy (non-hydrogen) atoms. The maximum absolute atomic E-state index is 12.5. The summed E-state index contributed by atoms with van der Waals surface area (Å²) >= 11 is 1.34. The second-order valence-electron chi connectivity index (χ2n) is 7.38. The molecule has 8 heteroatoms. The van der Waals surface area contributed by atoms with E-state index in [2.05, 4.69) is 35.4 Å². The maximum atomic E-state index is 12.5. The van der Waals surface area contributed by atoms with Crippen molar-refractivity contribution < 1.29 is 9.21 Å². The number of thioether (sulfide) groups is 1. The van der Waals surface area contributed by atoms with Gasteiger partial charge in [-0.05, 0) is 30.9 Å². The van der Waals surface area contributed by atoms with Crippen molar-refractivity contribution in [2.45, 2.75) is 63.2 Å². The van der Waals surface area contributed by atoms with E-state index in [1.54, 1.807) is 6.26 Å². The number of nitrogens with zero attached hydrogens (tertiary/aromatic N) is 4. The molecular weight excluding hydrogens is 362 g/mol. The zero-order valence-electron chi connectivity index (χ0n) is 15.8. The van der Waals surface area contributed by atoms with Crippen molar-refractivity contribution in [3.05, 3.63) is 18.4 Å². The Morgan fingerprint density at radius 3 is 2.81 bits per heavy atom. The van der Waals surface area contributed by atoms with Crippen LogP contribution in [-0.2, 0) is 11.3 Å². The molecule has 0 atom stereocenters. The van der Waals surface area contributed by atoms with Gasteiger partial charge in [-0.15, -0.1) is 10.2 Å². The molecule has 1 fully saturated rings. The van der Waals surface area contributed by atoms with Gasteiger partial charge in [0.15, 0.2) is 16.7 Å². The van der Waals surface area contributed by atoms with Gasteiger partial charge >= 0.3 is 0 Å². The highest BCUT2D eigenvalue weighted by Crippen LogP contribution is 2.29. The van der Waals surface area contributed by atoms with Gasteiger partial charge in [0.25, 0.3) is 0 Å². The van der Waals surface area contributed by atoms with Gasteiger partial charge in [-0.2, -0.15) is 5.26 Å². The predicted molar refractivity (Wildman–Crippen MR) is 103 cm³/mol. The van der Waals surface area contributed by atoms with Crippen LogP contribution in [0.4, 0.5) is 0 Å². The number of aromatic nitrogens is 3. The Kier molecular flexibility index (Phi) is 6.22. The smallest absolute Gasteiger partial charge is 0.231 e. The highest BCUT2D eigenvalue weighted by Gasteiger charge is 2.33. The van der Waals surface area contributed by atoms with E-state index in [1.165, 1.54) is 11.8 Å². The molecule has 7 nitrogen and oxygen atoms in total. The summed E-state index contributed by atoms with van der Waals surface area (Å²) in [4.78, 5) is 12.5. The van der Waals surface area contributed by atoms with Crippen LogP contribution in [0.3, 0.4) is 0 Å². The minimum Gasteiger partial charge on any atom is -0.461 e. The number of furan rings is 1. The molecule has 0 spiro atoms. The van der Waals surface area contributed by atoms with Gasteiger partial charge in [0.05, 0.1) is 18.1 Å². The van der Waals surface area contributed by atoms with E-state index in [1.807, 2.05) is 16.7 Å². The van der Waals surface area contributed by atoms with Gasteiger partial charge in [-0.3, -0.25) is 9.36 Å². The molecule has 2 aromatic rings. The van der Waals surface area contributed by atoms with Crippen molar-refractivity contribution in [3.8, 4) is 17.7 Å². The molecule has 0 aromatic carbocycles. The first-order valence-corrected chi connectivity index (χ1v) is 10.3. The van der Waals surface area contributed by atoms with E-state index in [9.17, 15) is 10.1 Å². The van der Waals surface area contributed by atoms with E-state index in [-0.39, 0.29) is 11.7 Å². The highest BCUT2D eigenvalue weighted by atomic mass is 32.2. The van der Waals surface area contributed by atoms with Gasteiger partial charge in [0, 0.05) is 6.54 Å². The van der Waals surface area contributed by atoms with Crippen molar-refractivity contribution in [2.24, 2.45) is 5.92 Å². The molecule has 1 amide bonds. The third-order valence-corrected chi connectivity index (χ3v) is 5.61. The van der Waals surface area contributed by atoms with Crippen LogP contribution >= 0.6 is 11.8 Å².